The van der Waals surface area contributed by atoms with Crippen molar-refractivity contribution in [2.45, 2.75) is 135 Å². The van der Waals surface area contributed by atoms with Crippen LogP contribution < -0.4 is 5.73 Å². The molecular weight excluding hydrogens is 769 g/mol. The van der Waals surface area contributed by atoms with Gasteiger partial charge in [0.1, 0.15) is 6.61 Å². The van der Waals surface area contributed by atoms with Crippen molar-refractivity contribution in [3.63, 3.8) is 0 Å². The molecule has 0 heterocycles. The third kappa shape index (κ3) is 40.9. The van der Waals surface area contributed by atoms with Gasteiger partial charge in [-0.1, -0.05) is 148 Å². The number of aliphatic hydroxyl groups excluding tert-OH is 2. The normalized spacial score (nSPS) is 15.6. The molecule has 59 heavy (non-hydrogen) atoms. The maximum atomic E-state index is 12.6. The summed E-state index contributed by atoms with van der Waals surface area (Å²) in [6.07, 6.45) is 48.8. The average Bonchev–Trinajstić information content (AvgIpc) is 3.21. The number of allylic oxidation sites excluding steroid dienone is 16. The molecule has 11 nitrogen and oxygen atoms in total. The minimum Gasteiger partial charge on any atom is -0.462 e. The van der Waals surface area contributed by atoms with Gasteiger partial charge in [0, 0.05) is 19.4 Å². The summed E-state index contributed by atoms with van der Waals surface area (Å²) < 4.78 is 32.6. The predicted octanol–water partition coefficient (Wildman–Crippen LogP) is 10.1. The molecular formula is C47H74NO10P. The lowest BCUT2D eigenvalue weighted by molar-refractivity contribution is -0.161. The summed E-state index contributed by atoms with van der Waals surface area (Å²) in [7, 11) is -4.44. The van der Waals surface area contributed by atoms with Crippen LogP contribution in [0.15, 0.2) is 122 Å². The van der Waals surface area contributed by atoms with Crippen molar-refractivity contribution in [2.24, 2.45) is 5.73 Å². The Hall–Kier alpha value is -3.67. The first kappa shape index (κ1) is 55.3. The minimum atomic E-state index is -4.44. The molecule has 332 valence electrons. The second-order valence-electron chi connectivity index (χ2n) is 13.5. The minimum absolute atomic E-state index is 0.0153. The summed E-state index contributed by atoms with van der Waals surface area (Å²) in [4.78, 5) is 34.8. The van der Waals surface area contributed by atoms with E-state index in [1.165, 1.54) is 0 Å². The smallest absolute Gasteiger partial charge is 0.462 e. The predicted molar refractivity (Wildman–Crippen MR) is 240 cm³/mol. The quantitative estimate of drug-likeness (QED) is 0.0154. The Labute approximate surface area is 355 Å². The molecule has 0 fully saturated rings. The third-order valence-corrected chi connectivity index (χ3v) is 9.01. The van der Waals surface area contributed by atoms with Crippen LogP contribution in [0.2, 0.25) is 0 Å². The Bertz CT molecular complexity index is 1410. The molecule has 0 amide bonds. The van der Waals surface area contributed by atoms with E-state index in [4.69, 9.17) is 24.3 Å². The van der Waals surface area contributed by atoms with E-state index in [0.717, 1.165) is 57.8 Å². The Morgan fingerprint density at radius 3 is 1.69 bits per heavy atom. The number of aliphatic hydroxyl groups is 2. The largest absolute Gasteiger partial charge is 0.472 e. The first-order valence-corrected chi connectivity index (χ1v) is 22.7. The van der Waals surface area contributed by atoms with Gasteiger partial charge >= 0.3 is 19.8 Å². The summed E-state index contributed by atoms with van der Waals surface area (Å²) in [5.41, 5.74) is 5.33. The number of unbranched alkanes of at least 4 members (excludes halogenated alkanes) is 4. The van der Waals surface area contributed by atoms with Crippen LogP contribution in [0.4, 0.5) is 0 Å². The topological polar surface area (TPSA) is 175 Å². The molecule has 12 heteroatoms. The van der Waals surface area contributed by atoms with E-state index in [1.54, 1.807) is 36.5 Å². The van der Waals surface area contributed by atoms with Crippen LogP contribution in [0.25, 0.3) is 0 Å². The maximum absolute atomic E-state index is 12.6. The number of carbonyl (C=O) groups is 2. The average molecular weight is 844 g/mol. The van der Waals surface area contributed by atoms with E-state index < -0.39 is 44.7 Å². The van der Waals surface area contributed by atoms with Gasteiger partial charge in [0.15, 0.2) is 6.10 Å². The van der Waals surface area contributed by atoms with Crippen LogP contribution >= 0.6 is 7.82 Å². The van der Waals surface area contributed by atoms with Gasteiger partial charge in [0.2, 0.25) is 0 Å². The molecule has 0 aromatic rings. The SMILES string of the molecule is CC/C=C\C/C=C\C/C=C\C/C=C\CCCCCCC(=O)O[C@H](COC(=O)CC/C=C\C/C=C\C[C@H](O)/C=C/C=C\C=C\[C@H](O)C/C=C\CC)COP(=O)(O)OCCN. The fourth-order valence-corrected chi connectivity index (χ4v) is 5.65. The molecule has 0 saturated heterocycles. The van der Waals surface area contributed by atoms with E-state index in [0.29, 0.717) is 32.1 Å². The van der Waals surface area contributed by atoms with Crippen molar-refractivity contribution < 1.29 is 47.8 Å². The van der Waals surface area contributed by atoms with E-state index in [2.05, 4.69) is 55.5 Å². The molecule has 0 aliphatic carbocycles. The van der Waals surface area contributed by atoms with E-state index >= 15 is 0 Å². The zero-order valence-electron chi connectivity index (χ0n) is 35.6. The van der Waals surface area contributed by atoms with Crippen molar-refractivity contribution in [3.8, 4) is 0 Å². The van der Waals surface area contributed by atoms with Crippen LogP contribution in [0, 0.1) is 0 Å². The lowest BCUT2D eigenvalue weighted by atomic mass is 10.1. The molecule has 4 atom stereocenters. The number of hydrogen-bond acceptors (Lipinski definition) is 10. The number of phosphoric ester groups is 1. The van der Waals surface area contributed by atoms with Gasteiger partial charge in [0.25, 0.3) is 0 Å². The molecule has 1 unspecified atom stereocenters. The number of rotatable bonds is 37. The van der Waals surface area contributed by atoms with E-state index in [9.17, 15) is 29.3 Å². The van der Waals surface area contributed by atoms with Gasteiger partial charge in [-0.05, 0) is 77.0 Å². The van der Waals surface area contributed by atoms with Gasteiger partial charge in [-0.3, -0.25) is 18.6 Å². The Balaban J connectivity index is 4.48. The zero-order valence-corrected chi connectivity index (χ0v) is 36.5. The number of phosphoric acid groups is 1. The van der Waals surface area contributed by atoms with Gasteiger partial charge in [-0.15, -0.1) is 0 Å². The molecule has 0 rings (SSSR count). The summed E-state index contributed by atoms with van der Waals surface area (Å²) >= 11 is 0. The lowest BCUT2D eigenvalue weighted by Gasteiger charge is -2.19. The monoisotopic (exact) mass is 844 g/mol. The fourth-order valence-electron chi connectivity index (χ4n) is 4.88. The Kier molecular flexibility index (Phi) is 38.5. The summed E-state index contributed by atoms with van der Waals surface area (Å²) in [5, 5.41) is 19.9. The molecule has 5 N–H and O–H groups in total. The number of nitrogens with two attached hydrogens (primary N) is 1. The number of ether oxygens (including phenoxy) is 2. The number of carbonyl (C=O) groups excluding carboxylic acids is 2. The van der Waals surface area contributed by atoms with Gasteiger partial charge in [-0.25, -0.2) is 4.57 Å². The standard InChI is InChI=1S/C47H74NO10P/c1-3-5-7-8-9-10-11-12-13-14-15-16-17-18-19-24-32-38-47(52)58-45(42-57-59(53,54)56-40-39-48)41-55-46(51)37-31-23-21-20-22-28-34-44(50)36-30-26-25-29-35-43(49)33-27-6-4-2/h5-7,9-10,12-13,15-16,21-23,25-30,35-36,43-45,49-50H,3-4,8,11,14,17-20,24,31-34,37-42,48H2,1-2H3,(H,53,54)/b7-5-,10-9-,13-12-,16-15-,23-21-,26-25-,27-6-,28-22-,35-29+,36-30+/t43-,44+,45-/m1/s1. The second kappa shape index (κ2) is 41.1. The van der Waals surface area contributed by atoms with Crippen molar-refractivity contribution in [1.82, 2.24) is 0 Å². The van der Waals surface area contributed by atoms with Crippen LogP contribution in [0.5, 0.6) is 0 Å². The molecule has 0 radical (unpaired) electrons. The maximum Gasteiger partial charge on any atom is 0.472 e. The van der Waals surface area contributed by atoms with Gasteiger partial charge in [0.05, 0.1) is 25.4 Å². The highest BCUT2D eigenvalue weighted by atomic mass is 31.2. The van der Waals surface area contributed by atoms with Crippen molar-refractivity contribution >= 4 is 19.8 Å². The molecule has 0 spiro atoms. The van der Waals surface area contributed by atoms with Crippen LogP contribution in [0.3, 0.4) is 0 Å². The number of hydrogen-bond donors (Lipinski definition) is 4. The van der Waals surface area contributed by atoms with Crippen molar-refractivity contribution in [2.75, 3.05) is 26.4 Å². The highest BCUT2D eigenvalue weighted by Gasteiger charge is 2.25. The molecule has 0 aromatic heterocycles. The molecule has 0 aliphatic heterocycles. The molecule has 0 bridgehead atoms. The highest BCUT2D eigenvalue weighted by Crippen LogP contribution is 2.43. The second-order valence-corrected chi connectivity index (χ2v) is 14.9. The van der Waals surface area contributed by atoms with E-state index in [-0.39, 0.29) is 32.6 Å². The third-order valence-electron chi connectivity index (χ3n) is 8.02. The molecule has 0 saturated carbocycles. The summed E-state index contributed by atoms with van der Waals surface area (Å²) in [6, 6.07) is 0. The van der Waals surface area contributed by atoms with E-state index in [1.807, 2.05) is 43.4 Å². The summed E-state index contributed by atoms with van der Waals surface area (Å²) in [6.45, 7) is 3.15. The lowest BCUT2D eigenvalue weighted by Crippen LogP contribution is -2.29. The van der Waals surface area contributed by atoms with Crippen LogP contribution in [0.1, 0.15) is 117 Å². The molecule has 0 aromatic carbocycles. The zero-order chi connectivity index (χ0) is 43.5. The van der Waals surface area contributed by atoms with Crippen LogP contribution in [-0.2, 0) is 32.7 Å². The Morgan fingerprint density at radius 2 is 1.10 bits per heavy atom. The Morgan fingerprint density at radius 1 is 0.593 bits per heavy atom. The number of esters is 2. The first-order chi connectivity index (χ1) is 28.6. The summed E-state index contributed by atoms with van der Waals surface area (Å²) in [5.74, 6) is -1.04. The van der Waals surface area contributed by atoms with Gasteiger partial charge in [-0.2, -0.15) is 0 Å². The van der Waals surface area contributed by atoms with Crippen molar-refractivity contribution in [3.05, 3.63) is 122 Å². The first-order valence-electron chi connectivity index (χ1n) is 21.2. The highest BCUT2D eigenvalue weighted by molar-refractivity contribution is 7.47. The van der Waals surface area contributed by atoms with Crippen molar-refractivity contribution in [1.29, 1.82) is 0 Å². The van der Waals surface area contributed by atoms with Crippen LogP contribution in [-0.4, -0.2) is 71.7 Å². The fraction of sp³-hybridized carbons (Fsp3) is 0.532. The molecule has 0 aliphatic rings. The van der Waals surface area contributed by atoms with Gasteiger partial charge < -0.3 is 30.3 Å².